The molecule has 4 aliphatic rings. The maximum atomic E-state index is 13.0. The first kappa shape index (κ1) is 28.1. The first-order chi connectivity index (χ1) is 19.9. The van der Waals surface area contributed by atoms with E-state index < -0.39 is 6.09 Å². The average Bonchev–Trinajstić information content (AvgIpc) is 3.37. The summed E-state index contributed by atoms with van der Waals surface area (Å²) in [6, 6.07) is 11.2. The second-order valence-electron chi connectivity index (χ2n) is 10.1. The summed E-state index contributed by atoms with van der Waals surface area (Å²) in [6.45, 7) is 1.39. The van der Waals surface area contributed by atoms with Crippen LogP contribution in [0.2, 0.25) is 0 Å². The van der Waals surface area contributed by atoms with Gasteiger partial charge in [-0.3, -0.25) is 19.3 Å². The highest BCUT2D eigenvalue weighted by Crippen LogP contribution is 2.41. The second-order valence-corrected chi connectivity index (χ2v) is 10.1. The number of benzene rings is 2. The second kappa shape index (κ2) is 12.8. The molecule has 0 aliphatic carbocycles. The van der Waals surface area contributed by atoms with Gasteiger partial charge in [-0.05, 0) is 42.2 Å². The van der Waals surface area contributed by atoms with Crippen molar-refractivity contribution in [2.24, 2.45) is 0 Å². The molecule has 6 rings (SSSR count). The van der Waals surface area contributed by atoms with Crippen molar-refractivity contribution in [1.29, 1.82) is 0 Å². The van der Waals surface area contributed by atoms with Crippen LogP contribution in [0.3, 0.4) is 0 Å². The predicted molar refractivity (Wildman–Crippen MR) is 147 cm³/mol. The Morgan fingerprint density at radius 1 is 0.976 bits per heavy atom. The van der Waals surface area contributed by atoms with Crippen molar-refractivity contribution < 1.29 is 38.1 Å². The molecule has 12 heteroatoms. The minimum atomic E-state index is -0.532. The van der Waals surface area contributed by atoms with Crippen LogP contribution in [-0.2, 0) is 19.1 Å². The van der Waals surface area contributed by atoms with Crippen LogP contribution >= 0.6 is 0 Å². The molecule has 2 aromatic rings. The molecule has 0 aromatic heterocycles. The zero-order valence-electron chi connectivity index (χ0n) is 23.0. The van der Waals surface area contributed by atoms with Gasteiger partial charge >= 0.3 is 6.09 Å². The van der Waals surface area contributed by atoms with Gasteiger partial charge < -0.3 is 34.5 Å². The molecule has 2 N–H and O–H groups in total. The molecule has 6 bridgehead atoms. The number of ether oxygens (including phenoxy) is 4. The minimum absolute atomic E-state index is 0.0898. The van der Waals surface area contributed by atoms with Crippen molar-refractivity contribution in [3.63, 3.8) is 0 Å². The Morgan fingerprint density at radius 3 is 2.66 bits per heavy atom. The molecule has 0 spiro atoms. The van der Waals surface area contributed by atoms with E-state index in [1.165, 1.54) is 9.80 Å². The van der Waals surface area contributed by atoms with Crippen molar-refractivity contribution >= 4 is 29.5 Å². The number of hydrogen-bond acceptors (Lipinski definition) is 8. The summed E-state index contributed by atoms with van der Waals surface area (Å²) in [6.07, 6.45) is 0.946. The highest BCUT2D eigenvalue weighted by molar-refractivity contribution is 5.95. The molecule has 41 heavy (non-hydrogen) atoms. The first-order valence-electron chi connectivity index (χ1n) is 13.7. The van der Waals surface area contributed by atoms with Crippen LogP contribution in [0.25, 0.3) is 0 Å². The molecule has 218 valence electrons. The van der Waals surface area contributed by atoms with E-state index in [4.69, 9.17) is 18.9 Å². The zero-order chi connectivity index (χ0) is 28.8. The Balaban J connectivity index is 1.35. The monoisotopic (exact) mass is 566 g/mol. The molecule has 1 fully saturated rings. The first-order valence-corrected chi connectivity index (χ1v) is 13.7. The lowest BCUT2D eigenvalue weighted by molar-refractivity contribution is -0.136. The molecule has 4 aliphatic heterocycles. The molecular weight excluding hydrogens is 532 g/mol. The van der Waals surface area contributed by atoms with E-state index in [2.05, 4.69) is 10.6 Å². The number of carbonyl (C=O) groups excluding carboxylic acids is 4. The Bertz CT molecular complexity index is 1320. The van der Waals surface area contributed by atoms with Crippen molar-refractivity contribution in [3.8, 4) is 17.2 Å². The Hall–Kier alpha value is -4.48. The number of nitrogens with one attached hydrogen (secondary N) is 2. The van der Waals surface area contributed by atoms with Crippen LogP contribution in [0.15, 0.2) is 36.4 Å². The maximum absolute atomic E-state index is 13.0. The number of cyclic esters (lactones) is 1. The molecule has 4 heterocycles. The number of hydrogen-bond donors (Lipinski definition) is 2. The SMILES string of the molecule is COc1ccc2cc1OCCCCN(C(=O)CN1CCOC1=O)CC(=O)NCCOc1ccc3c(c1)NC(=O)CC23. The Morgan fingerprint density at radius 2 is 1.85 bits per heavy atom. The van der Waals surface area contributed by atoms with Crippen molar-refractivity contribution in [3.05, 3.63) is 47.5 Å². The normalized spacial score (nSPS) is 19.8. The van der Waals surface area contributed by atoms with Crippen molar-refractivity contribution in [1.82, 2.24) is 15.1 Å². The summed E-state index contributed by atoms with van der Waals surface area (Å²) in [5.41, 5.74) is 2.58. The van der Waals surface area contributed by atoms with Crippen LogP contribution in [-0.4, -0.2) is 93.3 Å². The fourth-order valence-corrected chi connectivity index (χ4v) is 5.15. The lowest BCUT2D eigenvalue weighted by Gasteiger charge is -2.27. The number of nitrogens with zero attached hydrogens (tertiary/aromatic N) is 2. The fraction of sp³-hybridized carbons (Fsp3) is 0.448. The van der Waals surface area contributed by atoms with Gasteiger partial charge in [0.1, 0.15) is 25.5 Å². The van der Waals surface area contributed by atoms with E-state index in [1.807, 2.05) is 30.3 Å². The quantitative estimate of drug-likeness (QED) is 0.540. The molecule has 1 atom stereocenters. The van der Waals surface area contributed by atoms with E-state index >= 15 is 0 Å². The van der Waals surface area contributed by atoms with Gasteiger partial charge in [0, 0.05) is 30.6 Å². The minimum Gasteiger partial charge on any atom is -0.493 e. The molecule has 1 unspecified atom stereocenters. The van der Waals surface area contributed by atoms with Gasteiger partial charge in [0.25, 0.3) is 0 Å². The summed E-state index contributed by atoms with van der Waals surface area (Å²) in [5, 5.41) is 5.72. The number of fused-ring (bicyclic) bond motifs is 12. The highest BCUT2D eigenvalue weighted by atomic mass is 16.6. The van der Waals surface area contributed by atoms with Gasteiger partial charge in [-0.15, -0.1) is 0 Å². The molecule has 4 amide bonds. The van der Waals surface area contributed by atoms with Gasteiger partial charge in [-0.1, -0.05) is 12.1 Å². The molecule has 12 nitrogen and oxygen atoms in total. The third kappa shape index (κ3) is 6.82. The molecule has 2 aromatic carbocycles. The highest BCUT2D eigenvalue weighted by Gasteiger charge is 2.29. The topological polar surface area (TPSA) is 136 Å². The van der Waals surface area contributed by atoms with E-state index in [0.29, 0.717) is 61.9 Å². The van der Waals surface area contributed by atoms with Gasteiger partial charge in [-0.25, -0.2) is 4.79 Å². The Kier molecular flexibility index (Phi) is 8.76. The van der Waals surface area contributed by atoms with Crippen LogP contribution in [0.1, 0.15) is 36.3 Å². The van der Waals surface area contributed by atoms with Crippen molar-refractivity contribution in [2.45, 2.75) is 25.2 Å². The lowest BCUT2D eigenvalue weighted by atomic mass is 9.84. The average molecular weight is 567 g/mol. The summed E-state index contributed by atoms with van der Waals surface area (Å²) in [7, 11) is 1.57. The molecule has 0 radical (unpaired) electrons. The third-order valence-electron chi connectivity index (χ3n) is 7.28. The van der Waals surface area contributed by atoms with E-state index in [1.54, 1.807) is 13.2 Å². The predicted octanol–water partition coefficient (Wildman–Crippen LogP) is 2.12. The number of amides is 4. The molecule has 0 saturated carbocycles. The smallest absolute Gasteiger partial charge is 0.410 e. The number of rotatable bonds is 3. The largest absolute Gasteiger partial charge is 0.493 e. The lowest BCUT2D eigenvalue weighted by Crippen LogP contribution is -2.46. The van der Waals surface area contributed by atoms with Gasteiger partial charge in [0.15, 0.2) is 11.5 Å². The summed E-state index contributed by atoms with van der Waals surface area (Å²) < 4.78 is 22.4. The standard InChI is InChI=1S/C29H34N4O8/c1-38-24-7-4-19-14-25(24)40-11-3-2-9-32(28(36)18-33-10-13-41-29(33)37)17-27(35)30-8-12-39-20-5-6-21-22(19)16-26(34)31-23(21)15-20/h4-7,14-15,22H,2-3,8-13,16-18H2,1H3,(H,30,35)(H,31,34). The fourth-order valence-electron chi connectivity index (χ4n) is 5.15. The summed E-state index contributed by atoms with van der Waals surface area (Å²) in [4.78, 5) is 52.9. The van der Waals surface area contributed by atoms with Crippen LogP contribution in [0.5, 0.6) is 17.2 Å². The van der Waals surface area contributed by atoms with Gasteiger partial charge in [-0.2, -0.15) is 0 Å². The van der Waals surface area contributed by atoms with Gasteiger partial charge in [0.05, 0.1) is 33.4 Å². The maximum Gasteiger partial charge on any atom is 0.410 e. The van der Waals surface area contributed by atoms with E-state index in [-0.39, 0.29) is 56.5 Å². The van der Waals surface area contributed by atoms with Crippen molar-refractivity contribution in [2.75, 3.05) is 65.0 Å². The number of anilines is 1. The summed E-state index contributed by atoms with van der Waals surface area (Å²) >= 11 is 0. The summed E-state index contributed by atoms with van der Waals surface area (Å²) in [5.74, 6) is 0.771. The van der Waals surface area contributed by atoms with E-state index in [0.717, 1.165) is 11.1 Å². The van der Waals surface area contributed by atoms with E-state index in [9.17, 15) is 19.2 Å². The third-order valence-corrected chi connectivity index (χ3v) is 7.28. The number of methoxy groups -OCH3 is 1. The van der Waals surface area contributed by atoms with Crippen LogP contribution < -0.4 is 24.8 Å². The Labute approximate surface area is 237 Å². The van der Waals surface area contributed by atoms with Crippen LogP contribution in [0.4, 0.5) is 10.5 Å². The number of carbonyl (C=O) groups is 4. The molecular formula is C29H34N4O8. The zero-order valence-corrected chi connectivity index (χ0v) is 23.0. The molecule has 1 saturated heterocycles. The van der Waals surface area contributed by atoms with Gasteiger partial charge in [0.2, 0.25) is 17.7 Å². The van der Waals surface area contributed by atoms with Crippen LogP contribution in [0, 0.1) is 0 Å².